The van der Waals surface area contributed by atoms with Crippen LogP contribution in [0.15, 0.2) is 67.0 Å². The summed E-state index contributed by atoms with van der Waals surface area (Å²) in [5.41, 5.74) is 3.59. The van der Waals surface area contributed by atoms with Crippen molar-refractivity contribution >= 4 is 28.2 Å². The van der Waals surface area contributed by atoms with Crippen molar-refractivity contribution in [2.75, 3.05) is 31.6 Å². The van der Waals surface area contributed by atoms with Crippen LogP contribution in [0.4, 0.5) is 11.5 Å². The van der Waals surface area contributed by atoms with Crippen molar-refractivity contribution in [3.8, 4) is 0 Å². The van der Waals surface area contributed by atoms with Crippen LogP contribution in [0.3, 0.4) is 0 Å². The minimum absolute atomic E-state index is 0.0128. The van der Waals surface area contributed by atoms with Crippen molar-refractivity contribution in [1.82, 2.24) is 19.9 Å². The first-order chi connectivity index (χ1) is 17.0. The molecule has 1 atom stereocenters. The third-order valence-corrected chi connectivity index (χ3v) is 6.26. The molecule has 5 rings (SSSR count). The van der Waals surface area contributed by atoms with Gasteiger partial charge in [0.1, 0.15) is 11.6 Å². The van der Waals surface area contributed by atoms with Gasteiger partial charge >= 0.3 is 0 Å². The molecule has 0 saturated carbocycles. The van der Waals surface area contributed by atoms with Crippen molar-refractivity contribution in [2.45, 2.75) is 20.3 Å². The van der Waals surface area contributed by atoms with Crippen LogP contribution < -0.4 is 5.32 Å². The second kappa shape index (κ2) is 10.2. The van der Waals surface area contributed by atoms with E-state index in [1.807, 2.05) is 67.5 Å². The molecule has 0 aliphatic carbocycles. The summed E-state index contributed by atoms with van der Waals surface area (Å²) in [6.07, 6.45) is 4.57. The molecule has 7 nitrogen and oxygen atoms in total. The minimum atomic E-state index is 0.0128. The highest BCUT2D eigenvalue weighted by molar-refractivity contribution is 5.95. The number of hydrogen-bond acceptors (Lipinski definition) is 6. The van der Waals surface area contributed by atoms with Crippen LogP contribution in [0.1, 0.15) is 27.4 Å². The molecule has 4 aromatic rings. The Bertz CT molecular complexity index is 1330. The van der Waals surface area contributed by atoms with E-state index < -0.39 is 0 Å². The van der Waals surface area contributed by atoms with E-state index in [2.05, 4.69) is 38.5 Å². The SMILES string of the molecule is Cc1cc(Nc2cccc(C(=O)N3CCOC[C@H](Cc4cccc5ccncc45)C3)c2)nc(C)n1. The maximum atomic E-state index is 13.5. The highest BCUT2D eigenvalue weighted by Crippen LogP contribution is 2.23. The van der Waals surface area contributed by atoms with E-state index in [0.717, 1.165) is 23.2 Å². The number of amides is 1. The van der Waals surface area contributed by atoms with Gasteiger partial charge in [-0.1, -0.05) is 24.3 Å². The molecule has 1 N–H and O–H groups in total. The number of ether oxygens (including phenoxy) is 1. The summed E-state index contributed by atoms with van der Waals surface area (Å²) in [6.45, 7) is 6.20. The zero-order chi connectivity index (χ0) is 24.2. The van der Waals surface area contributed by atoms with Crippen molar-refractivity contribution in [3.05, 3.63) is 89.6 Å². The molecule has 1 amide bonds. The molecule has 1 fully saturated rings. The maximum absolute atomic E-state index is 13.5. The van der Waals surface area contributed by atoms with Gasteiger partial charge in [-0.05, 0) is 55.5 Å². The number of nitrogens with zero attached hydrogens (tertiary/aromatic N) is 4. The lowest BCUT2D eigenvalue weighted by atomic mass is 9.95. The first-order valence-electron chi connectivity index (χ1n) is 11.9. The first kappa shape index (κ1) is 22.9. The average molecular weight is 468 g/mol. The summed E-state index contributed by atoms with van der Waals surface area (Å²) in [4.78, 5) is 28.5. The van der Waals surface area contributed by atoms with Gasteiger partial charge in [-0.25, -0.2) is 9.97 Å². The monoisotopic (exact) mass is 467 g/mol. The van der Waals surface area contributed by atoms with E-state index in [9.17, 15) is 4.79 Å². The molecule has 0 radical (unpaired) electrons. The summed E-state index contributed by atoms with van der Waals surface area (Å²) in [7, 11) is 0. The van der Waals surface area contributed by atoms with E-state index in [-0.39, 0.29) is 11.8 Å². The van der Waals surface area contributed by atoms with Gasteiger partial charge in [0.15, 0.2) is 0 Å². The lowest BCUT2D eigenvalue weighted by molar-refractivity contribution is 0.0737. The topological polar surface area (TPSA) is 80.2 Å². The molecule has 1 aliphatic heterocycles. The number of hydrogen-bond donors (Lipinski definition) is 1. The van der Waals surface area contributed by atoms with Gasteiger partial charge in [-0.3, -0.25) is 9.78 Å². The number of anilines is 2. The predicted octanol–water partition coefficient (Wildman–Crippen LogP) is 4.72. The van der Waals surface area contributed by atoms with Crippen LogP contribution in [-0.4, -0.2) is 52.1 Å². The number of carbonyl (C=O) groups is 1. The van der Waals surface area contributed by atoms with Crippen LogP contribution in [0.5, 0.6) is 0 Å². The fourth-order valence-corrected chi connectivity index (χ4v) is 4.70. The largest absolute Gasteiger partial charge is 0.379 e. The van der Waals surface area contributed by atoms with Crippen LogP contribution >= 0.6 is 0 Å². The van der Waals surface area contributed by atoms with Gasteiger partial charge in [0.05, 0.1) is 13.2 Å². The van der Waals surface area contributed by atoms with Gasteiger partial charge in [0, 0.05) is 59.8 Å². The quantitative estimate of drug-likeness (QED) is 0.458. The number of rotatable bonds is 5. The molecule has 1 saturated heterocycles. The van der Waals surface area contributed by atoms with Crippen molar-refractivity contribution in [2.24, 2.45) is 5.92 Å². The van der Waals surface area contributed by atoms with Crippen molar-refractivity contribution in [3.63, 3.8) is 0 Å². The fourth-order valence-electron chi connectivity index (χ4n) is 4.70. The molecule has 2 aromatic carbocycles. The van der Waals surface area contributed by atoms with Crippen LogP contribution in [0, 0.1) is 19.8 Å². The van der Waals surface area contributed by atoms with Gasteiger partial charge in [0.25, 0.3) is 5.91 Å². The summed E-state index contributed by atoms with van der Waals surface area (Å²) < 4.78 is 5.90. The van der Waals surface area contributed by atoms with Gasteiger partial charge in [0.2, 0.25) is 0 Å². The molecule has 3 heterocycles. The summed E-state index contributed by atoms with van der Waals surface area (Å²) in [6, 6.07) is 17.8. The lowest BCUT2D eigenvalue weighted by Gasteiger charge is -2.24. The molecule has 0 spiro atoms. The third-order valence-electron chi connectivity index (χ3n) is 6.26. The van der Waals surface area contributed by atoms with Crippen LogP contribution in [0.2, 0.25) is 0 Å². The smallest absolute Gasteiger partial charge is 0.254 e. The van der Waals surface area contributed by atoms with Crippen LogP contribution in [-0.2, 0) is 11.2 Å². The Morgan fingerprint density at radius 3 is 2.89 bits per heavy atom. The molecule has 0 bridgehead atoms. The van der Waals surface area contributed by atoms with E-state index >= 15 is 0 Å². The Hall–Kier alpha value is -3.84. The number of fused-ring (bicyclic) bond motifs is 1. The third kappa shape index (κ3) is 5.46. The Labute approximate surface area is 205 Å². The van der Waals surface area contributed by atoms with Crippen molar-refractivity contribution in [1.29, 1.82) is 0 Å². The lowest BCUT2D eigenvalue weighted by Crippen LogP contribution is -2.36. The summed E-state index contributed by atoms with van der Waals surface area (Å²) in [5.74, 6) is 1.64. The molecular weight excluding hydrogens is 438 g/mol. The van der Waals surface area contributed by atoms with E-state index in [1.54, 1.807) is 0 Å². The highest BCUT2D eigenvalue weighted by atomic mass is 16.5. The standard InChI is InChI=1S/C28H29N5O2/c1-19-13-27(31-20(2)30-19)32-25-8-4-7-24(15-25)28(34)33-11-12-35-18-21(17-33)14-23-6-3-5-22-9-10-29-16-26(22)23/h3-10,13,15-16,21H,11-12,14,17-18H2,1-2H3,(H,30,31,32)/t21-/m1/s1. The Morgan fingerprint density at radius 1 is 1.11 bits per heavy atom. The molecule has 178 valence electrons. The summed E-state index contributed by atoms with van der Waals surface area (Å²) >= 11 is 0. The highest BCUT2D eigenvalue weighted by Gasteiger charge is 2.24. The minimum Gasteiger partial charge on any atom is -0.379 e. The van der Waals surface area contributed by atoms with Crippen LogP contribution in [0.25, 0.3) is 10.8 Å². The first-order valence-corrected chi connectivity index (χ1v) is 11.9. The molecule has 1 aliphatic rings. The number of pyridine rings is 1. The normalized spacial score (nSPS) is 16.2. The predicted molar refractivity (Wildman–Crippen MR) is 137 cm³/mol. The number of carbonyl (C=O) groups excluding carboxylic acids is 1. The maximum Gasteiger partial charge on any atom is 0.254 e. The second-order valence-corrected chi connectivity index (χ2v) is 9.06. The number of benzene rings is 2. The molecule has 7 heteroatoms. The summed E-state index contributed by atoms with van der Waals surface area (Å²) in [5, 5.41) is 5.64. The van der Waals surface area contributed by atoms with Crippen molar-refractivity contribution < 1.29 is 9.53 Å². The zero-order valence-electron chi connectivity index (χ0n) is 20.1. The number of aryl methyl sites for hydroxylation is 2. The molecule has 2 aromatic heterocycles. The molecule has 35 heavy (non-hydrogen) atoms. The van der Waals surface area contributed by atoms with E-state index in [1.165, 1.54) is 10.9 Å². The molecular formula is C28H29N5O2. The van der Waals surface area contributed by atoms with Gasteiger partial charge in [-0.2, -0.15) is 0 Å². The second-order valence-electron chi connectivity index (χ2n) is 9.06. The van der Waals surface area contributed by atoms with E-state index in [0.29, 0.717) is 43.5 Å². The van der Waals surface area contributed by atoms with Gasteiger partial charge < -0.3 is 15.0 Å². The number of aromatic nitrogens is 3. The van der Waals surface area contributed by atoms with Gasteiger partial charge in [-0.15, -0.1) is 0 Å². The fraction of sp³-hybridized carbons (Fsp3) is 0.286. The average Bonchev–Trinajstić information content (AvgIpc) is 3.09. The van der Waals surface area contributed by atoms with E-state index in [4.69, 9.17) is 4.74 Å². The Morgan fingerprint density at radius 2 is 2.00 bits per heavy atom. The number of nitrogens with one attached hydrogen (secondary N) is 1. The molecule has 0 unspecified atom stereocenters. The zero-order valence-corrected chi connectivity index (χ0v) is 20.1. The Kier molecular flexibility index (Phi) is 6.68. The Balaban J connectivity index is 1.32.